The second kappa shape index (κ2) is 5.14. The number of hydrogen-bond acceptors (Lipinski definition) is 3. The molecule has 4 heteroatoms. The molecular weight excluding hydrogens is 198 g/mol. The van der Waals surface area contributed by atoms with Crippen molar-refractivity contribution in [2.24, 2.45) is 10.3 Å². The molecule has 1 fully saturated rings. The first-order valence-electron chi connectivity index (χ1n) is 5.04. The molecule has 1 rings (SSSR count). The van der Waals surface area contributed by atoms with Crippen molar-refractivity contribution in [2.75, 3.05) is 13.2 Å². The van der Waals surface area contributed by atoms with Gasteiger partial charge in [-0.3, -0.25) is 0 Å². The van der Waals surface area contributed by atoms with E-state index in [1.807, 2.05) is 27.0 Å². The van der Waals surface area contributed by atoms with Crippen LogP contribution in [0.3, 0.4) is 0 Å². The van der Waals surface area contributed by atoms with Gasteiger partial charge in [-0.1, -0.05) is 4.40 Å². The van der Waals surface area contributed by atoms with Crippen LogP contribution in [0.1, 0.15) is 33.6 Å². The standard InChI is InChI=1S/C10H19NO2S/c1-10(2,3)14(12)11-8-9-4-6-13-7-5-9/h8-9H,4-7H2,1-3H3/b11-8+. The van der Waals surface area contributed by atoms with E-state index >= 15 is 0 Å². The second-order valence-electron chi connectivity index (χ2n) is 4.57. The summed E-state index contributed by atoms with van der Waals surface area (Å²) in [6.45, 7) is 7.41. The monoisotopic (exact) mass is 217 g/mol. The van der Waals surface area contributed by atoms with Gasteiger partial charge in [0, 0.05) is 19.1 Å². The summed E-state index contributed by atoms with van der Waals surface area (Å²) >= 11 is -1.11. The maximum absolute atomic E-state index is 11.6. The van der Waals surface area contributed by atoms with E-state index in [0.717, 1.165) is 26.1 Å². The van der Waals surface area contributed by atoms with Gasteiger partial charge in [-0.2, -0.15) is 0 Å². The third-order valence-electron chi connectivity index (χ3n) is 2.16. The molecular formula is C10H19NO2S. The normalized spacial score (nSPS) is 22.9. The highest BCUT2D eigenvalue weighted by Crippen LogP contribution is 2.18. The van der Waals surface area contributed by atoms with Crippen molar-refractivity contribution in [1.82, 2.24) is 0 Å². The Labute approximate surface area is 89.3 Å². The lowest BCUT2D eigenvalue weighted by Gasteiger charge is -2.20. The maximum Gasteiger partial charge on any atom is 0.144 e. The molecule has 0 amide bonds. The molecule has 0 saturated carbocycles. The summed E-state index contributed by atoms with van der Waals surface area (Å²) in [5.74, 6) is 0.454. The Hall–Kier alpha value is -0.0600. The molecule has 14 heavy (non-hydrogen) atoms. The second-order valence-corrected chi connectivity index (χ2v) is 6.50. The minimum absolute atomic E-state index is 0.248. The highest BCUT2D eigenvalue weighted by atomic mass is 32.2. The summed E-state index contributed by atoms with van der Waals surface area (Å²) in [5, 5.41) is 0. The van der Waals surface area contributed by atoms with Gasteiger partial charge in [0.05, 0.1) is 6.21 Å². The molecule has 0 radical (unpaired) electrons. The third-order valence-corrected chi connectivity index (χ3v) is 3.52. The smallest absolute Gasteiger partial charge is 0.144 e. The maximum atomic E-state index is 11.6. The number of nitrogens with zero attached hydrogens (tertiary/aromatic N) is 1. The number of ether oxygens (including phenoxy) is 1. The average molecular weight is 217 g/mol. The molecule has 1 unspecified atom stereocenters. The molecule has 0 aliphatic carbocycles. The van der Waals surface area contributed by atoms with Gasteiger partial charge in [0.15, 0.2) is 0 Å². The van der Waals surface area contributed by atoms with E-state index in [0.29, 0.717) is 5.92 Å². The van der Waals surface area contributed by atoms with Crippen LogP contribution in [-0.2, 0) is 16.1 Å². The number of hydrogen-bond donors (Lipinski definition) is 0. The van der Waals surface area contributed by atoms with Crippen molar-refractivity contribution < 1.29 is 9.29 Å². The Morgan fingerprint density at radius 1 is 1.36 bits per heavy atom. The van der Waals surface area contributed by atoms with Gasteiger partial charge in [0.1, 0.15) is 16.1 Å². The predicted molar refractivity (Wildman–Crippen MR) is 59.9 cm³/mol. The van der Waals surface area contributed by atoms with Crippen molar-refractivity contribution in [2.45, 2.75) is 38.4 Å². The summed E-state index contributed by atoms with van der Waals surface area (Å²) in [5.41, 5.74) is 0. The molecule has 1 atom stereocenters. The molecule has 0 aromatic rings. The van der Waals surface area contributed by atoms with Crippen LogP contribution in [0.2, 0.25) is 0 Å². The lowest BCUT2D eigenvalue weighted by atomic mass is 10.0. The fourth-order valence-corrected chi connectivity index (χ4v) is 1.76. The fraction of sp³-hybridized carbons (Fsp3) is 0.900. The first-order valence-corrected chi connectivity index (χ1v) is 6.15. The van der Waals surface area contributed by atoms with Gasteiger partial charge in [-0.05, 0) is 33.6 Å². The molecule has 1 aliphatic rings. The Balaban J connectivity index is 2.38. The minimum atomic E-state index is -1.11. The van der Waals surface area contributed by atoms with Gasteiger partial charge in [0.25, 0.3) is 0 Å². The quantitative estimate of drug-likeness (QED) is 0.524. The topological polar surface area (TPSA) is 44.7 Å². The van der Waals surface area contributed by atoms with Gasteiger partial charge in [0.2, 0.25) is 0 Å². The van der Waals surface area contributed by atoms with Crippen LogP contribution in [0.25, 0.3) is 0 Å². The van der Waals surface area contributed by atoms with Crippen molar-refractivity contribution in [3.8, 4) is 0 Å². The summed E-state index contributed by atoms with van der Waals surface area (Å²) < 4.78 is 20.7. The van der Waals surface area contributed by atoms with E-state index < -0.39 is 11.4 Å². The zero-order chi connectivity index (χ0) is 10.6. The van der Waals surface area contributed by atoms with Crippen molar-refractivity contribution in [1.29, 1.82) is 0 Å². The molecule has 0 aromatic carbocycles. The third kappa shape index (κ3) is 3.98. The van der Waals surface area contributed by atoms with Crippen LogP contribution in [0.4, 0.5) is 0 Å². The van der Waals surface area contributed by atoms with Crippen molar-refractivity contribution in [3.05, 3.63) is 0 Å². The summed E-state index contributed by atoms with van der Waals surface area (Å²) in [4.78, 5) is 0. The molecule has 82 valence electrons. The van der Waals surface area contributed by atoms with Crippen molar-refractivity contribution in [3.63, 3.8) is 0 Å². The molecule has 0 bridgehead atoms. The zero-order valence-electron chi connectivity index (χ0n) is 9.16. The Bertz CT molecular complexity index is 195. The summed E-state index contributed by atoms with van der Waals surface area (Å²) in [6, 6.07) is 0. The van der Waals surface area contributed by atoms with E-state index in [1.54, 1.807) is 0 Å². The lowest BCUT2D eigenvalue weighted by molar-refractivity contribution is 0.0838. The molecule has 0 aromatic heterocycles. The summed E-state index contributed by atoms with van der Waals surface area (Å²) in [7, 11) is 0. The average Bonchev–Trinajstić information content (AvgIpc) is 2.14. The highest BCUT2D eigenvalue weighted by molar-refractivity contribution is 7.91. The zero-order valence-corrected chi connectivity index (χ0v) is 9.97. The van der Waals surface area contributed by atoms with E-state index in [-0.39, 0.29) is 4.75 Å². The van der Waals surface area contributed by atoms with Crippen LogP contribution in [0.15, 0.2) is 4.40 Å². The Kier molecular flexibility index (Phi) is 4.41. The number of rotatable bonds is 2. The van der Waals surface area contributed by atoms with Crippen molar-refractivity contribution >= 4 is 17.6 Å². The molecule has 1 aliphatic heterocycles. The highest BCUT2D eigenvalue weighted by Gasteiger charge is 2.26. The van der Waals surface area contributed by atoms with Gasteiger partial charge in [-0.25, -0.2) is 0 Å². The van der Waals surface area contributed by atoms with Crippen LogP contribution >= 0.6 is 0 Å². The lowest BCUT2D eigenvalue weighted by Crippen LogP contribution is -2.26. The molecule has 0 spiro atoms. The van der Waals surface area contributed by atoms with E-state index in [9.17, 15) is 4.55 Å². The first-order chi connectivity index (χ1) is 6.50. The van der Waals surface area contributed by atoms with Crippen LogP contribution in [0, 0.1) is 5.92 Å². The predicted octanol–water partition coefficient (Wildman–Crippen LogP) is 1.95. The minimum Gasteiger partial charge on any atom is -0.591 e. The molecule has 1 saturated heterocycles. The molecule has 3 nitrogen and oxygen atoms in total. The SMILES string of the molecule is CC(C)(C)[S+]([O-])/N=C/C1CCOCC1. The van der Waals surface area contributed by atoms with E-state index in [1.165, 1.54) is 0 Å². The van der Waals surface area contributed by atoms with Gasteiger partial charge < -0.3 is 9.29 Å². The fourth-order valence-electron chi connectivity index (χ4n) is 1.16. The van der Waals surface area contributed by atoms with Gasteiger partial charge >= 0.3 is 0 Å². The van der Waals surface area contributed by atoms with Crippen LogP contribution in [-0.4, -0.2) is 28.7 Å². The van der Waals surface area contributed by atoms with Gasteiger partial charge in [-0.15, -0.1) is 0 Å². The Morgan fingerprint density at radius 3 is 2.43 bits per heavy atom. The summed E-state index contributed by atoms with van der Waals surface area (Å²) in [6.07, 6.45) is 3.86. The molecule has 0 N–H and O–H groups in total. The van der Waals surface area contributed by atoms with Crippen LogP contribution < -0.4 is 0 Å². The Morgan fingerprint density at radius 2 is 1.93 bits per heavy atom. The van der Waals surface area contributed by atoms with Crippen LogP contribution in [0.5, 0.6) is 0 Å². The first kappa shape index (κ1) is 12.0. The van der Waals surface area contributed by atoms with E-state index in [2.05, 4.69) is 4.40 Å². The largest absolute Gasteiger partial charge is 0.591 e. The van der Waals surface area contributed by atoms with E-state index in [4.69, 9.17) is 4.74 Å². The molecule has 1 heterocycles.